The number of hydrogen-bond acceptors (Lipinski definition) is 6. The smallest absolute Gasteiger partial charge is 0.808 e. The molecule has 0 aliphatic carbocycles. The van der Waals surface area contributed by atoms with Gasteiger partial charge in [0.2, 0.25) is 0 Å². The molecule has 22 heavy (non-hydrogen) atoms. The van der Waals surface area contributed by atoms with Gasteiger partial charge in [0.05, 0.1) is 6.61 Å². The second-order valence-corrected chi connectivity index (χ2v) is 7.67. The van der Waals surface area contributed by atoms with Gasteiger partial charge in [0, 0.05) is 5.02 Å². The molecular formula is C9H11ClNa2O8P2. The van der Waals surface area contributed by atoms with Gasteiger partial charge in [-0.1, -0.05) is 11.6 Å². The SMILES string of the molecule is O=P([O-])([O-])C(OCCOc1ccc(Cl)cc1)P(=O)(O)O.[Na+].[Na+]. The van der Waals surface area contributed by atoms with Crippen molar-refractivity contribution in [1.82, 2.24) is 0 Å². The standard InChI is InChI=1S/C9H13ClO8P2.2Na/c10-7-1-3-8(4-2-7)17-5-6-18-9(19(11,12)13)20(14,15)16;;/h1-4,9H,5-6H2,(H2,11,12,13)(H2,14,15,16);;/q;2*+1/p-2. The van der Waals surface area contributed by atoms with Gasteiger partial charge >= 0.3 is 66.7 Å². The zero-order chi connectivity index (χ0) is 15.4. The first-order valence-electron chi connectivity index (χ1n) is 5.17. The third-order valence-corrected chi connectivity index (χ3v) is 5.41. The van der Waals surface area contributed by atoms with Crippen molar-refractivity contribution >= 4 is 26.8 Å². The minimum absolute atomic E-state index is 0. The Morgan fingerprint density at radius 1 is 1.09 bits per heavy atom. The van der Waals surface area contributed by atoms with Gasteiger partial charge in [-0.25, -0.2) is 0 Å². The third kappa shape index (κ3) is 9.77. The van der Waals surface area contributed by atoms with Crippen LogP contribution >= 0.6 is 26.8 Å². The fourth-order valence-electron chi connectivity index (χ4n) is 1.22. The summed E-state index contributed by atoms with van der Waals surface area (Å²) in [5.74, 6) is 0.401. The molecule has 0 heterocycles. The van der Waals surface area contributed by atoms with E-state index in [4.69, 9.17) is 26.1 Å². The molecule has 1 unspecified atom stereocenters. The fourth-order valence-corrected chi connectivity index (χ4v) is 3.40. The van der Waals surface area contributed by atoms with E-state index < -0.39 is 27.4 Å². The van der Waals surface area contributed by atoms with E-state index in [0.29, 0.717) is 10.8 Å². The summed E-state index contributed by atoms with van der Waals surface area (Å²) < 4.78 is 31.0. The predicted molar refractivity (Wildman–Crippen MR) is 66.3 cm³/mol. The molecule has 1 aromatic carbocycles. The van der Waals surface area contributed by atoms with Crippen LogP contribution in [0, 0.1) is 0 Å². The average molecular weight is 391 g/mol. The Labute approximate surface area is 176 Å². The Bertz CT molecular complexity index is 509. The van der Waals surface area contributed by atoms with Gasteiger partial charge in [-0.15, -0.1) is 0 Å². The second-order valence-electron chi connectivity index (χ2n) is 3.63. The zero-order valence-corrected chi connectivity index (χ0v) is 18.5. The maximum atomic E-state index is 10.8. The molecule has 1 atom stereocenters. The fraction of sp³-hybridized carbons (Fsp3) is 0.333. The molecule has 0 saturated carbocycles. The average Bonchev–Trinajstić information content (AvgIpc) is 2.27. The third-order valence-electron chi connectivity index (χ3n) is 1.99. The van der Waals surface area contributed by atoms with E-state index >= 15 is 0 Å². The van der Waals surface area contributed by atoms with Crippen LogP contribution in [0.3, 0.4) is 0 Å². The molecule has 13 heteroatoms. The van der Waals surface area contributed by atoms with Gasteiger partial charge in [0.25, 0.3) is 0 Å². The molecule has 0 amide bonds. The van der Waals surface area contributed by atoms with E-state index in [1.807, 2.05) is 0 Å². The van der Waals surface area contributed by atoms with E-state index in [2.05, 4.69) is 4.74 Å². The molecule has 1 aromatic rings. The van der Waals surface area contributed by atoms with Crippen LogP contribution in [0.25, 0.3) is 0 Å². The number of halogens is 1. The van der Waals surface area contributed by atoms with E-state index in [9.17, 15) is 18.9 Å². The molecule has 0 bridgehead atoms. The van der Waals surface area contributed by atoms with E-state index in [0.717, 1.165) is 0 Å². The van der Waals surface area contributed by atoms with Crippen LogP contribution < -0.4 is 73.6 Å². The Kier molecular flexibility index (Phi) is 13.2. The van der Waals surface area contributed by atoms with Gasteiger partial charge in [0.1, 0.15) is 12.4 Å². The number of rotatable bonds is 7. The summed E-state index contributed by atoms with van der Waals surface area (Å²) >= 11 is 5.65. The molecular weight excluding hydrogens is 379 g/mol. The van der Waals surface area contributed by atoms with Crippen molar-refractivity contribution in [3.8, 4) is 5.75 Å². The predicted octanol–water partition coefficient (Wildman–Crippen LogP) is -5.88. The first-order chi connectivity index (χ1) is 9.10. The summed E-state index contributed by atoms with van der Waals surface area (Å²) in [6.07, 6.45) is 0. The topological polar surface area (TPSA) is 139 Å². The largest absolute Gasteiger partial charge is 1.00 e. The van der Waals surface area contributed by atoms with Gasteiger partial charge in [-0.3, -0.25) is 4.57 Å². The molecule has 0 saturated heterocycles. The van der Waals surface area contributed by atoms with Crippen LogP contribution in [-0.2, 0) is 13.9 Å². The minimum atomic E-state index is -5.57. The first-order valence-corrected chi connectivity index (χ1v) is 8.85. The van der Waals surface area contributed by atoms with Crippen LogP contribution in [0.1, 0.15) is 0 Å². The molecule has 114 valence electrons. The molecule has 0 spiro atoms. The van der Waals surface area contributed by atoms with E-state index in [1.165, 1.54) is 12.1 Å². The Morgan fingerprint density at radius 3 is 2.00 bits per heavy atom. The molecule has 0 fully saturated rings. The summed E-state index contributed by atoms with van der Waals surface area (Å²) in [4.78, 5) is 38.8. The molecule has 1 rings (SSSR count). The molecule has 0 radical (unpaired) electrons. The Balaban J connectivity index is 0. The van der Waals surface area contributed by atoms with Crippen molar-refractivity contribution in [2.75, 3.05) is 13.2 Å². The maximum Gasteiger partial charge on any atom is 1.00 e. The second kappa shape index (κ2) is 11.2. The normalized spacial score (nSPS) is 12.8. The molecule has 0 aliphatic rings. The Hall–Kier alpha value is 1.57. The maximum absolute atomic E-state index is 10.8. The Morgan fingerprint density at radius 2 is 1.59 bits per heavy atom. The van der Waals surface area contributed by atoms with Crippen molar-refractivity contribution < 1.29 is 97.3 Å². The van der Waals surface area contributed by atoms with Crippen molar-refractivity contribution in [2.45, 2.75) is 5.59 Å². The quantitative estimate of drug-likeness (QED) is 0.267. The minimum Gasteiger partial charge on any atom is -0.808 e. The van der Waals surface area contributed by atoms with Crippen molar-refractivity contribution in [2.24, 2.45) is 0 Å². The van der Waals surface area contributed by atoms with Gasteiger partial charge in [0.15, 0.2) is 5.59 Å². The van der Waals surface area contributed by atoms with Crippen molar-refractivity contribution in [1.29, 1.82) is 0 Å². The number of ether oxygens (including phenoxy) is 2. The molecule has 0 aromatic heterocycles. The van der Waals surface area contributed by atoms with Crippen molar-refractivity contribution in [3.05, 3.63) is 29.3 Å². The van der Waals surface area contributed by atoms with Crippen LogP contribution in [0.2, 0.25) is 5.02 Å². The molecule has 8 nitrogen and oxygen atoms in total. The molecule has 2 N–H and O–H groups in total. The van der Waals surface area contributed by atoms with E-state index in [-0.39, 0.29) is 65.7 Å². The van der Waals surface area contributed by atoms with Crippen LogP contribution in [0.4, 0.5) is 0 Å². The zero-order valence-electron chi connectivity index (χ0n) is 11.9. The monoisotopic (exact) mass is 390 g/mol. The summed E-state index contributed by atoms with van der Waals surface area (Å²) in [6.45, 7) is -0.676. The summed E-state index contributed by atoms with van der Waals surface area (Å²) in [5.41, 5.74) is -2.70. The summed E-state index contributed by atoms with van der Waals surface area (Å²) in [7, 11) is -10.8. The summed E-state index contributed by atoms with van der Waals surface area (Å²) in [6, 6.07) is 6.18. The van der Waals surface area contributed by atoms with Gasteiger partial charge in [-0.05, 0) is 31.9 Å². The van der Waals surface area contributed by atoms with Gasteiger partial charge < -0.3 is 33.6 Å². The first kappa shape index (κ1) is 25.8. The van der Waals surface area contributed by atoms with Crippen LogP contribution in [0.5, 0.6) is 5.75 Å². The molecule has 0 aliphatic heterocycles. The number of benzene rings is 1. The summed E-state index contributed by atoms with van der Waals surface area (Å²) in [5, 5.41) is 0.494. The van der Waals surface area contributed by atoms with Crippen LogP contribution in [0.15, 0.2) is 24.3 Å². The van der Waals surface area contributed by atoms with Gasteiger partial charge in [-0.2, -0.15) is 0 Å². The van der Waals surface area contributed by atoms with E-state index in [1.54, 1.807) is 12.1 Å². The van der Waals surface area contributed by atoms with Crippen molar-refractivity contribution in [3.63, 3.8) is 0 Å². The van der Waals surface area contributed by atoms with Crippen LogP contribution in [-0.4, -0.2) is 28.6 Å². The number of hydrogen-bond donors (Lipinski definition) is 2.